The highest BCUT2D eigenvalue weighted by Gasteiger charge is 2.43. The van der Waals surface area contributed by atoms with Crippen molar-refractivity contribution in [1.29, 1.82) is 0 Å². The Morgan fingerprint density at radius 2 is 1.69 bits per heavy atom. The number of rotatable bonds is 3. The van der Waals surface area contributed by atoms with E-state index in [0.717, 1.165) is 12.8 Å². The normalized spacial score (nSPS) is 18.2. The van der Waals surface area contributed by atoms with Gasteiger partial charge in [-0.3, -0.25) is 4.99 Å². The van der Waals surface area contributed by atoms with E-state index >= 15 is 0 Å². The quantitative estimate of drug-likeness (QED) is 0.666. The van der Waals surface area contributed by atoms with Crippen LogP contribution in [-0.2, 0) is 0 Å². The van der Waals surface area contributed by atoms with Crippen molar-refractivity contribution in [2.75, 3.05) is 0 Å². The molecule has 13 heavy (non-hydrogen) atoms. The molecule has 0 saturated carbocycles. The van der Waals surface area contributed by atoms with Crippen LogP contribution in [0.3, 0.4) is 0 Å². The van der Waals surface area contributed by atoms with E-state index in [-0.39, 0.29) is 5.54 Å². The molecule has 1 heteroatoms. The molecule has 0 fully saturated rings. The van der Waals surface area contributed by atoms with Gasteiger partial charge >= 0.3 is 0 Å². The SMILES string of the molecule is CCC1(CC)N=C1c1ccccc1. The lowest BCUT2D eigenvalue weighted by atomic mass is 9.93. The zero-order chi connectivity index (χ0) is 9.31. The van der Waals surface area contributed by atoms with E-state index in [9.17, 15) is 0 Å². The van der Waals surface area contributed by atoms with Crippen molar-refractivity contribution >= 4 is 5.71 Å². The van der Waals surface area contributed by atoms with Crippen LogP contribution in [0.4, 0.5) is 0 Å². The van der Waals surface area contributed by atoms with E-state index in [0.29, 0.717) is 0 Å². The van der Waals surface area contributed by atoms with Crippen LogP contribution in [0.25, 0.3) is 0 Å². The number of hydrogen-bond acceptors (Lipinski definition) is 1. The monoisotopic (exact) mass is 173 g/mol. The Bertz CT molecular complexity index is 320. The van der Waals surface area contributed by atoms with Gasteiger partial charge in [-0.1, -0.05) is 44.2 Å². The molecule has 0 spiro atoms. The third-order valence-electron chi connectivity index (χ3n) is 2.93. The van der Waals surface area contributed by atoms with Gasteiger partial charge in [0.25, 0.3) is 0 Å². The zero-order valence-corrected chi connectivity index (χ0v) is 8.25. The first-order valence-corrected chi connectivity index (χ1v) is 4.98. The van der Waals surface area contributed by atoms with Gasteiger partial charge < -0.3 is 0 Å². The van der Waals surface area contributed by atoms with Crippen molar-refractivity contribution in [2.24, 2.45) is 4.99 Å². The molecule has 1 aromatic rings. The van der Waals surface area contributed by atoms with Crippen LogP contribution in [0.2, 0.25) is 0 Å². The van der Waals surface area contributed by atoms with Gasteiger partial charge in [0.1, 0.15) is 5.54 Å². The second-order valence-electron chi connectivity index (χ2n) is 3.57. The average Bonchev–Trinajstić information content (AvgIpc) is 2.95. The van der Waals surface area contributed by atoms with Crippen molar-refractivity contribution in [3.8, 4) is 0 Å². The summed E-state index contributed by atoms with van der Waals surface area (Å²) in [6.07, 6.45) is 2.27. The maximum Gasteiger partial charge on any atom is 0.103 e. The van der Waals surface area contributed by atoms with Crippen LogP contribution >= 0.6 is 0 Å². The lowest BCUT2D eigenvalue weighted by Crippen LogP contribution is -2.16. The van der Waals surface area contributed by atoms with E-state index in [1.165, 1.54) is 11.3 Å². The van der Waals surface area contributed by atoms with E-state index < -0.39 is 0 Å². The number of benzene rings is 1. The molecule has 1 aromatic carbocycles. The Balaban J connectivity index is 2.19. The molecule has 0 bridgehead atoms. The highest BCUT2D eigenvalue weighted by Crippen LogP contribution is 2.38. The Labute approximate surface area is 79.5 Å². The topological polar surface area (TPSA) is 12.4 Å². The Kier molecular flexibility index (Phi) is 1.95. The molecule has 68 valence electrons. The Hall–Kier alpha value is -1.11. The van der Waals surface area contributed by atoms with E-state index in [1.807, 2.05) is 6.07 Å². The van der Waals surface area contributed by atoms with Gasteiger partial charge in [0.15, 0.2) is 0 Å². The number of nitrogens with zero attached hydrogens (tertiary/aromatic N) is 1. The molecule has 1 heterocycles. The van der Waals surface area contributed by atoms with Crippen molar-refractivity contribution in [3.05, 3.63) is 35.9 Å². The fraction of sp³-hybridized carbons (Fsp3) is 0.417. The minimum absolute atomic E-state index is 0.196. The summed E-state index contributed by atoms with van der Waals surface area (Å²) in [7, 11) is 0. The van der Waals surface area contributed by atoms with Crippen LogP contribution in [0.15, 0.2) is 35.3 Å². The smallest absolute Gasteiger partial charge is 0.103 e. The lowest BCUT2D eigenvalue weighted by molar-refractivity contribution is 0.613. The summed E-state index contributed by atoms with van der Waals surface area (Å²) in [5.41, 5.74) is 2.80. The summed E-state index contributed by atoms with van der Waals surface area (Å²) < 4.78 is 0. The summed E-state index contributed by atoms with van der Waals surface area (Å²) >= 11 is 0. The van der Waals surface area contributed by atoms with Gasteiger partial charge in [-0.2, -0.15) is 0 Å². The highest BCUT2D eigenvalue weighted by atomic mass is 15.0. The Morgan fingerprint density at radius 3 is 2.15 bits per heavy atom. The summed E-state index contributed by atoms with van der Waals surface area (Å²) in [5, 5.41) is 0. The predicted octanol–water partition coefficient (Wildman–Crippen LogP) is 3.05. The van der Waals surface area contributed by atoms with Gasteiger partial charge in [0.2, 0.25) is 0 Å². The third kappa shape index (κ3) is 1.28. The number of aliphatic imine (C=N–C) groups is 1. The standard InChI is InChI=1S/C12H15N/c1-3-12(4-2)11(13-12)10-8-6-5-7-9-10/h5-9H,3-4H2,1-2H3. The minimum Gasteiger partial charge on any atom is -0.274 e. The molecule has 1 aliphatic rings. The maximum absolute atomic E-state index is 4.61. The Morgan fingerprint density at radius 1 is 1.08 bits per heavy atom. The van der Waals surface area contributed by atoms with Gasteiger partial charge in [0, 0.05) is 0 Å². The summed E-state index contributed by atoms with van der Waals surface area (Å²) in [4.78, 5) is 4.61. The second kappa shape index (κ2) is 2.99. The predicted molar refractivity (Wildman–Crippen MR) is 56.3 cm³/mol. The fourth-order valence-electron chi connectivity index (χ4n) is 1.86. The molecular weight excluding hydrogens is 158 g/mol. The minimum atomic E-state index is 0.196. The van der Waals surface area contributed by atoms with Gasteiger partial charge in [-0.05, 0) is 18.4 Å². The molecule has 1 aliphatic heterocycles. The van der Waals surface area contributed by atoms with E-state index in [4.69, 9.17) is 0 Å². The molecule has 0 saturated heterocycles. The highest BCUT2D eigenvalue weighted by molar-refractivity contribution is 6.16. The van der Waals surface area contributed by atoms with Gasteiger partial charge in [0.05, 0.1) is 5.71 Å². The van der Waals surface area contributed by atoms with Gasteiger partial charge in [-0.25, -0.2) is 0 Å². The summed E-state index contributed by atoms with van der Waals surface area (Å²) in [6.45, 7) is 4.42. The van der Waals surface area contributed by atoms with Crippen LogP contribution < -0.4 is 0 Å². The van der Waals surface area contributed by atoms with Crippen LogP contribution in [0.5, 0.6) is 0 Å². The molecule has 0 aromatic heterocycles. The van der Waals surface area contributed by atoms with E-state index in [2.05, 4.69) is 43.1 Å². The molecule has 0 N–H and O–H groups in total. The average molecular weight is 173 g/mol. The molecule has 0 radical (unpaired) electrons. The summed E-state index contributed by atoms with van der Waals surface area (Å²) in [5.74, 6) is 0. The first kappa shape index (κ1) is 8.49. The van der Waals surface area contributed by atoms with Gasteiger partial charge in [-0.15, -0.1) is 0 Å². The maximum atomic E-state index is 4.61. The molecule has 2 rings (SSSR count). The molecule has 0 aliphatic carbocycles. The van der Waals surface area contributed by atoms with Crippen LogP contribution in [-0.4, -0.2) is 11.3 Å². The molecule has 0 atom stereocenters. The largest absolute Gasteiger partial charge is 0.274 e. The molecule has 0 unspecified atom stereocenters. The van der Waals surface area contributed by atoms with Crippen molar-refractivity contribution in [2.45, 2.75) is 32.2 Å². The lowest BCUT2D eigenvalue weighted by Gasteiger charge is -2.08. The zero-order valence-electron chi connectivity index (χ0n) is 8.25. The first-order valence-electron chi connectivity index (χ1n) is 4.98. The first-order chi connectivity index (χ1) is 6.32. The second-order valence-corrected chi connectivity index (χ2v) is 3.57. The molecule has 0 amide bonds. The molecule has 1 nitrogen and oxygen atoms in total. The number of hydrogen-bond donors (Lipinski definition) is 0. The fourth-order valence-corrected chi connectivity index (χ4v) is 1.86. The van der Waals surface area contributed by atoms with Crippen molar-refractivity contribution < 1.29 is 0 Å². The van der Waals surface area contributed by atoms with Crippen LogP contribution in [0.1, 0.15) is 32.3 Å². The van der Waals surface area contributed by atoms with Crippen molar-refractivity contribution in [3.63, 3.8) is 0 Å². The van der Waals surface area contributed by atoms with Crippen LogP contribution in [0, 0.1) is 0 Å². The van der Waals surface area contributed by atoms with E-state index in [1.54, 1.807) is 0 Å². The van der Waals surface area contributed by atoms with Crippen molar-refractivity contribution in [1.82, 2.24) is 0 Å². The third-order valence-corrected chi connectivity index (χ3v) is 2.93. The summed E-state index contributed by atoms with van der Waals surface area (Å²) in [6, 6.07) is 10.5. The molecular formula is C12H15N.